The van der Waals surface area contributed by atoms with Crippen LogP contribution in [-0.4, -0.2) is 17.0 Å². The zero-order valence-corrected chi connectivity index (χ0v) is 14.3. The molecule has 6 heteroatoms. The Kier molecular flexibility index (Phi) is 5.06. The van der Waals surface area contributed by atoms with Crippen LogP contribution >= 0.6 is 0 Å². The molecule has 0 aliphatic heterocycles. The van der Waals surface area contributed by atoms with Gasteiger partial charge in [-0.2, -0.15) is 13.2 Å². The summed E-state index contributed by atoms with van der Waals surface area (Å²) < 4.78 is 41.6. The summed E-state index contributed by atoms with van der Waals surface area (Å²) in [6.45, 7) is 0.531. The highest BCUT2D eigenvalue weighted by Crippen LogP contribution is 2.37. The van der Waals surface area contributed by atoms with Crippen LogP contribution in [0.4, 0.5) is 13.2 Å². The van der Waals surface area contributed by atoms with Gasteiger partial charge in [-0.15, -0.1) is 0 Å². The van der Waals surface area contributed by atoms with E-state index in [1.165, 1.54) is 25.1 Å². The number of nitrogens with zero attached hydrogens (tertiary/aromatic N) is 1. The molecule has 1 aromatic carbocycles. The summed E-state index contributed by atoms with van der Waals surface area (Å²) in [6.07, 6.45) is 3.91. The number of carbonyl (C=O) groups excluding carboxylic acids is 1. The molecule has 25 heavy (non-hydrogen) atoms. The Bertz CT molecular complexity index is 756. The average Bonchev–Trinajstić information content (AvgIpc) is 2.75. The van der Waals surface area contributed by atoms with Crippen LogP contribution in [0.1, 0.15) is 54.4 Å². The molecule has 1 saturated carbocycles. The van der Waals surface area contributed by atoms with Crippen LogP contribution in [0.15, 0.2) is 24.4 Å². The molecule has 0 spiro atoms. The molecule has 1 aromatic heterocycles. The second-order valence-corrected chi connectivity index (χ2v) is 6.92. The number of aryl methyl sites for hydroxylation is 1. The molecule has 0 unspecified atom stereocenters. The highest BCUT2D eigenvalue weighted by Gasteiger charge is 2.34. The first-order valence-electron chi connectivity index (χ1n) is 8.81. The molecule has 3 rings (SSSR count). The minimum atomic E-state index is -4.49. The fourth-order valence-electron chi connectivity index (χ4n) is 3.75. The fourth-order valence-corrected chi connectivity index (χ4v) is 3.75. The molecule has 1 amide bonds. The number of carbonyl (C=O) groups is 1. The van der Waals surface area contributed by atoms with Crippen molar-refractivity contribution in [3.8, 4) is 0 Å². The van der Waals surface area contributed by atoms with Gasteiger partial charge in [0.05, 0.1) is 11.1 Å². The largest absolute Gasteiger partial charge is 0.417 e. The van der Waals surface area contributed by atoms with Crippen molar-refractivity contribution < 1.29 is 18.0 Å². The van der Waals surface area contributed by atoms with E-state index in [0.29, 0.717) is 18.0 Å². The number of nitrogens with one attached hydrogen (secondary N) is 1. The minimum Gasteiger partial charge on any atom is -0.352 e. The van der Waals surface area contributed by atoms with Crippen LogP contribution in [0, 0.1) is 5.92 Å². The highest BCUT2D eigenvalue weighted by atomic mass is 19.4. The normalized spacial score (nSPS) is 16.8. The van der Waals surface area contributed by atoms with Gasteiger partial charge in [0, 0.05) is 30.7 Å². The van der Waals surface area contributed by atoms with Crippen molar-refractivity contribution in [1.82, 2.24) is 9.88 Å². The van der Waals surface area contributed by atoms with E-state index in [1.807, 2.05) is 0 Å². The zero-order chi connectivity index (χ0) is 18.0. The maximum absolute atomic E-state index is 13.4. The van der Waals surface area contributed by atoms with Gasteiger partial charge >= 0.3 is 6.18 Å². The summed E-state index contributed by atoms with van der Waals surface area (Å²) in [5, 5.41) is 2.84. The lowest BCUT2D eigenvalue weighted by atomic mass is 10.00. The van der Waals surface area contributed by atoms with Crippen molar-refractivity contribution >= 4 is 16.8 Å². The van der Waals surface area contributed by atoms with Gasteiger partial charge < -0.3 is 9.88 Å². The Morgan fingerprint density at radius 2 is 1.88 bits per heavy atom. The fraction of sp³-hybridized carbons (Fsp3) is 0.526. The van der Waals surface area contributed by atoms with Crippen molar-refractivity contribution in [2.45, 2.75) is 44.7 Å². The molecule has 136 valence electrons. The van der Waals surface area contributed by atoms with Crippen LogP contribution in [-0.2, 0) is 13.2 Å². The Balaban J connectivity index is 1.86. The van der Waals surface area contributed by atoms with E-state index in [9.17, 15) is 18.0 Å². The molecule has 2 aromatic rings. The highest BCUT2D eigenvalue weighted by molar-refractivity contribution is 6.08. The summed E-state index contributed by atoms with van der Waals surface area (Å²) in [4.78, 5) is 12.6. The first-order chi connectivity index (χ1) is 11.9. The lowest BCUT2D eigenvalue weighted by Gasteiger charge is -2.15. The molecule has 1 aliphatic carbocycles. The standard InChI is InChI=1S/C19H23F3N2O/c1-24-12-14(17-15(19(20,21)22)9-6-10-16(17)24)18(25)23-11-13-7-4-2-3-5-8-13/h6,9-10,12-13H,2-5,7-8,11H2,1H3,(H,23,25). The van der Waals surface area contributed by atoms with Gasteiger partial charge in [0.15, 0.2) is 0 Å². The number of halogens is 3. The van der Waals surface area contributed by atoms with Crippen molar-refractivity contribution in [1.29, 1.82) is 0 Å². The molecule has 0 saturated heterocycles. The molecule has 1 N–H and O–H groups in total. The Hall–Kier alpha value is -1.98. The van der Waals surface area contributed by atoms with E-state index < -0.39 is 17.6 Å². The molecule has 0 atom stereocenters. The third-order valence-corrected chi connectivity index (χ3v) is 5.09. The number of aromatic nitrogens is 1. The van der Waals surface area contributed by atoms with Crippen LogP contribution in [0.3, 0.4) is 0 Å². The van der Waals surface area contributed by atoms with E-state index >= 15 is 0 Å². The lowest BCUT2D eigenvalue weighted by molar-refractivity contribution is -0.136. The number of hydrogen-bond donors (Lipinski definition) is 1. The molecule has 3 nitrogen and oxygen atoms in total. The smallest absolute Gasteiger partial charge is 0.352 e. The predicted octanol–water partition coefficient (Wildman–Crippen LogP) is 4.90. The molecule has 0 bridgehead atoms. The minimum absolute atomic E-state index is 0.0177. The Morgan fingerprint density at radius 1 is 1.20 bits per heavy atom. The van der Waals surface area contributed by atoms with Gasteiger partial charge in [0.2, 0.25) is 0 Å². The van der Waals surface area contributed by atoms with Crippen LogP contribution in [0.2, 0.25) is 0 Å². The van der Waals surface area contributed by atoms with Gasteiger partial charge in [-0.1, -0.05) is 31.7 Å². The molecule has 0 radical (unpaired) electrons. The SMILES string of the molecule is Cn1cc(C(=O)NCC2CCCCCC2)c2c(C(F)(F)F)cccc21. The first-order valence-corrected chi connectivity index (χ1v) is 8.81. The van der Waals surface area contributed by atoms with Crippen molar-refractivity contribution in [2.75, 3.05) is 6.54 Å². The lowest BCUT2D eigenvalue weighted by Crippen LogP contribution is -2.29. The Morgan fingerprint density at radius 3 is 2.52 bits per heavy atom. The second-order valence-electron chi connectivity index (χ2n) is 6.92. The second kappa shape index (κ2) is 7.10. The van der Waals surface area contributed by atoms with Gasteiger partial charge in [-0.25, -0.2) is 0 Å². The predicted molar refractivity (Wildman–Crippen MR) is 91.4 cm³/mol. The monoisotopic (exact) mass is 352 g/mol. The van der Waals surface area contributed by atoms with Crippen LogP contribution in [0.25, 0.3) is 10.9 Å². The van der Waals surface area contributed by atoms with E-state index in [0.717, 1.165) is 31.7 Å². The van der Waals surface area contributed by atoms with E-state index in [4.69, 9.17) is 0 Å². The third kappa shape index (κ3) is 3.83. The molecule has 1 aliphatic rings. The first kappa shape index (κ1) is 17.8. The number of benzene rings is 1. The summed E-state index contributed by atoms with van der Waals surface area (Å²) in [5.74, 6) is -0.00457. The summed E-state index contributed by atoms with van der Waals surface area (Å²) >= 11 is 0. The molecule has 1 fully saturated rings. The van der Waals surface area contributed by atoms with Gasteiger partial charge in [0.25, 0.3) is 5.91 Å². The average molecular weight is 352 g/mol. The number of rotatable bonds is 3. The number of amides is 1. The summed E-state index contributed by atoms with van der Waals surface area (Å²) in [5.41, 5.74) is -0.251. The molecule has 1 heterocycles. The molecular formula is C19H23F3N2O. The van der Waals surface area contributed by atoms with Crippen molar-refractivity contribution in [2.24, 2.45) is 13.0 Å². The summed E-state index contributed by atoms with van der Waals surface area (Å²) in [7, 11) is 1.66. The van der Waals surface area contributed by atoms with Crippen LogP contribution in [0.5, 0.6) is 0 Å². The number of hydrogen-bond acceptors (Lipinski definition) is 1. The zero-order valence-electron chi connectivity index (χ0n) is 14.3. The van der Waals surface area contributed by atoms with Gasteiger partial charge in [-0.05, 0) is 30.9 Å². The maximum Gasteiger partial charge on any atom is 0.417 e. The van der Waals surface area contributed by atoms with E-state index in [1.54, 1.807) is 17.7 Å². The van der Waals surface area contributed by atoms with Gasteiger partial charge in [0.1, 0.15) is 0 Å². The van der Waals surface area contributed by atoms with Crippen molar-refractivity contribution in [3.05, 3.63) is 35.5 Å². The topological polar surface area (TPSA) is 34.0 Å². The van der Waals surface area contributed by atoms with Crippen molar-refractivity contribution in [3.63, 3.8) is 0 Å². The van der Waals surface area contributed by atoms with Crippen LogP contribution < -0.4 is 5.32 Å². The van der Waals surface area contributed by atoms with Gasteiger partial charge in [-0.3, -0.25) is 4.79 Å². The number of alkyl halides is 3. The van der Waals surface area contributed by atoms with E-state index in [2.05, 4.69) is 5.32 Å². The quantitative estimate of drug-likeness (QED) is 0.784. The third-order valence-electron chi connectivity index (χ3n) is 5.09. The summed E-state index contributed by atoms with van der Waals surface area (Å²) in [6, 6.07) is 4.01. The Labute approximate surface area is 145 Å². The molecular weight excluding hydrogens is 329 g/mol. The van der Waals surface area contributed by atoms with E-state index in [-0.39, 0.29) is 10.9 Å². The number of fused-ring (bicyclic) bond motifs is 1. The maximum atomic E-state index is 13.4.